The molecule has 0 radical (unpaired) electrons. The van der Waals surface area contributed by atoms with E-state index in [0.717, 1.165) is 25.8 Å². The molecule has 0 unspecified atom stereocenters. The van der Waals surface area contributed by atoms with Gasteiger partial charge in [0.2, 0.25) is 5.91 Å². The van der Waals surface area contributed by atoms with Crippen LogP contribution in [0.15, 0.2) is 18.2 Å². The van der Waals surface area contributed by atoms with Crippen LogP contribution in [-0.2, 0) is 4.79 Å². The van der Waals surface area contributed by atoms with E-state index in [2.05, 4.69) is 5.32 Å². The summed E-state index contributed by atoms with van der Waals surface area (Å²) in [6, 6.07) is 4.69. The highest BCUT2D eigenvalue weighted by Gasteiger charge is 2.32. The number of aromatic carboxylic acids is 1. The van der Waals surface area contributed by atoms with Crippen LogP contribution in [0, 0.1) is 0 Å². The average molecular weight is 290 g/mol. The Morgan fingerprint density at radius 3 is 2.90 bits per heavy atom. The number of carbonyl (C=O) groups excluding carboxylic acids is 1. The number of ether oxygens (including phenoxy) is 1. The Labute approximate surface area is 122 Å². The molecular weight excluding hydrogens is 272 g/mol. The zero-order chi connectivity index (χ0) is 14.8. The first-order valence-corrected chi connectivity index (χ1v) is 7.22. The molecule has 1 fully saturated rings. The predicted molar refractivity (Wildman–Crippen MR) is 76.9 cm³/mol. The lowest BCUT2D eigenvalue weighted by atomic mass is 10.0. The topological polar surface area (TPSA) is 78.9 Å². The van der Waals surface area contributed by atoms with Crippen molar-refractivity contribution in [2.45, 2.75) is 25.3 Å². The summed E-state index contributed by atoms with van der Waals surface area (Å²) in [5.41, 5.74) is 0.653. The number of fused-ring (bicyclic) bond motifs is 1. The summed E-state index contributed by atoms with van der Waals surface area (Å²) >= 11 is 0. The van der Waals surface area contributed by atoms with Gasteiger partial charge in [-0.15, -0.1) is 0 Å². The Balaban J connectivity index is 1.91. The lowest BCUT2D eigenvalue weighted by molar-refractivity contribution is -0.121. The van der Waals surface area contributed by atoms with Crippen LogP contribution in [0.25, 0.3) is 0 Å². The van der Waals surface area contributed by atoms with Crippen LogP contribution < -0.4 is 15.0 Å². The van der Waals surface area contributed by atoms with E-state index in [1.807, 2.05) is 0 Å². The Morgan fingerprint density at radius 1 is 1.33 bits per heavy atom. The van der Waals surface area contributed by atoms with Gasteiger partial charge in [0.05, 0.1) is 18.3 Å². The number of benzene rings is 1. The van der Waals surface area contributed by atoms with E-state index in [-0.39, 0.29) is 17.5 Å². The monoisotopic (exact) mass is 290 g/mol. The van der Waals surface area contributed by atoms with Gasteiger partial charge in [-0.05, 0) is 31.5 Å². The van der Waals surface area contributed by atoms with Crippen molar-refractivity contribution < 1.29 is 19.4 Å². The van der Waals surface area contributed by atoms with Crippen LogP contribution in [-0.4, -0.2) is 42.7 Å². The van der Waals surface area contributed by atoms with Crippen molar-refractivity contribution in [3.05, 3.63) is 23.8 Å². The van der Waals surface area contributed by atoms with Crippen molar-refractivity contribution in [3.8, 4) is 5.75 Å². The van der Waals surface area contributed by atoms with E-state index < -0.39 is 5.97 Å². The van der Waals surface area contributed by atoms with Gasteiger partial charge in [0.25, 0.3) is 0 Å². The molecule has 0 aromatic heterocycles. The summed E-state index contributed by atoms with van der Waals surface area (Å²) in [6.45, 7) is 1.62. The zero-order valence-electron chi connectivity index (χ0n) is 11.7. The van der Waals surface area contributed by atoms with Crippen molar-refractivity contribution in [2.75, 3.05) is 24.6 Å². The zero-order valence-corrected chi connectivity index (χ0v) is 11.7. The minimum absolute atomic E-state index is 0.00166. The molecule has 3 rings (SSSR count). The SMILES string of the molecule is O=C(O)c1cccc2c1OCCN2C(=O)[C@@H]1CCCCN1. The maximum atomic E-state index is 12.7. The molecule has 1 saturated heterocycles. The van der Waals surface area contributed by atoms with Gasteiger partial charge in [-0.2, -0.15) is 0 Å². The second kappa shape index (κ2) is 5.73. The van der Waals surface area contributed by atoms with Crippen LogP contribution in [0.2, 0.25) is 0 Å². The summed E-state index contributed by atoms with van der Waals surface area (Å²) in [5, 5.41) is 12.5. The number of carboxylic acids is 1. The van der Waals surface area contributed by atoms with Gasteiger partial charge < -0.3 is 20.1 Å². The molecule has 112 valence electrons. The molecule has 21 heavy (non-hydrogen) atoms. The van der Waals surface area contributed by atoms with Gasteiger partial charge in [-0.25, -0.2) is 4.79 Å². The first-order chi connectivity index (χ1) is 10.2. The Morgan fingerprint density at radius 2 is 2.19 bits per heavy atom. The van der Waals surface area contributed by atoms with Gasteiger partial charge in [-0.3, -0.25) is 4.79 Å². The molecule has 1 atom stereocenters. The third-order valence-electron chi connectivity index (χ3n) is 3.95. The first kappa shape index (κ1) is 13.9. The van der Waals surface area contributed by atoms with Crippen molar-refractivity contribution in [1.82, 2.24) is 5.32 Å². The maximum absolute atomic E-state index is 12.7. The number of hydrogen-bond acceptors (Lipinski definition) is 4. The molecule has 0 spiro atoms. The molecule has 1 aromatic rings. The number of carbonyl (C=O) groups is 2. The second-order valence-corrected chi connectivity index (χ2v) is 5.30. The normalized spacial score (nSPS) is 21.3. The lowest BCUT2D eigenvalue weighted by Gasteiger charge is -2.34. The summed E-state index contributed by atoms with van der Waals surface area (Å²) in [5.74, 6) is -0.751. The maximum Gasteiger partial charge on any atom is 0.339 e. The lowest BCUT2D eigenvalue weighted by Crippen LogP contribution is -2.51. The van der Waals surface area contributed by atoms with E-state index in [1.165, 1.54) is 6.07 Å². The number of anilines is 1. The van der Waals surface area contributed by atoms with Crippen LogP contribution >= 0.6 is 0 Å². The van der Waals surface area contributed by atoms with Crippen molar-refractivity contribution >= 4 is 17.6 Å². The summed E-state index contributed by atoms with van der Waals surface area (Å²) in [7, 11) is 0. The number of para-hydroxylation sites is 1. The molecule has 2 N–H and O–H groups in total. The number of hydrogen-bond donors (Lipinski definition) is 2. The van der Waals surface area contributed by atoms with Crippen LogP contribution in [0.3, 0.4) is 0 Å². The number of rotatable bonds is 2. The van der Waals surface area contributed by atoms with E-state index in [9.17, 15) is 14.7 Å². The van der Waals surface area contributed by atoms with Crippen molar-refractivity contribution in [1.29, 1.82) is 0 Å². The quantitative estimate of drug-likeness (QED) is 0.857. The number of nitrogens with zero attached hydrogens (tertiary/aromatic N) is 1. The number of nitrogens with one attached hydrogen (secondary N) is 1. The third kappa shape index (κ3) is 2.58. The molecule has 0 bridgehead atoms. The molecule has 2 aliphatic rings. The van der Waals surface area contributed by atoms with E-state index >= 15 is 0 Å². The molecule has 2 heterocycles. The first-order valence-electron chi connectivity index (χ1n) is 7.22. The van der Waals surface area contributed by atoms with Gasteiger partial charge in [0.15, 0.2) is 5.75 Å². The molecule has 2 aliphatic heterocycles. The standard InChI is InChI=1S/C15H18N2O4/c18-14(11-5-1-2-7-16-11)17-8-9-21-13-10(15(19)20)4-3-6-12(13)17/h3-4,6,11,16H,1-2,5,7-9H2,(H,19,20)/t11-/m0/s1. The summed E-state index contributed by atoms with van der Waals surface area (Å²) in [4.78, 5) is 25.6. The molecule has 0 aliphatic carbocycles. The highest BCUT2D eigenvalue weighted by molar-refractivity contribution is 6.02. The Hall–Kier alpha value is -2.08. The van der Waals surface area contributed by atoms with Crippen LogP contribution in [0.4, 0.5) is 5.69 Å². The van der Waals surface area contributed by atoms with Gasteiger partial charge in [0, 0.05) is 0 Å². The van der Waals surface area contributed by atoms with Crippen LogP contribution in [0.5, 0.6) is 5.75 Å². The molecular formula is C15H18N2O4. The minimum atomic E-state index is -1.04. The summed E-state index contributed by atoms with van der Waals surface area (Å²) in [6.07, 6.45) is 2.95. The molecule has 6 heteroatoms. The molecule has 1 aromatic carbocycles. The molecule has 6 nitrogen and oxygen atoms in total. The van der Waals surface area contributed by atoms with Crippen molar-refractivity contribution in [2.24, 2.45) is 0 Å². The van der Waals surface area contributed by atoms with Gasteiger partial charge in [0.1, 0.15) is 12.2 Å². The number of carboxylic acid groups (broad SMARTS) is 1. The highest BCUT2D eigenvalue weighted by atomic mass is 16.5. The largest absolute Gasteiger partial charge is 0.489 e. The van der Waals surface area contributed by atoms with E-state index in [4.69, 9.17) is 4.74 Å². The van der Waals surface area contributed by atoms with Crippen molar-refractivity contribution in [3.63, 3.8) is 0 Å². The Bertz CT molecular complexity index is 567. The van der Waals surface area contributed by atoms with Gasteiger partial charge in [-0.1, -0.05) is 12.5 Å². The second-order valence-electron chi connectivity index (χ2n) is 5.30. The van der Waals surface area contributed by atoms with E-state index in [0.29, 0.717) is 24.6 Å². The number of amides is 1. The highest BCUT2D eigenvalue weighted by Crippen LogP contribution is 2.35. The Kier molecular flexibility index (Phi) is 3.79. The number of piperidine rings is 1. The third-order valence-corrected chi connectivity index (χ3v) is 3.95. The fraction of sp³-hybridized carbons (Fsp3) is 0.467. The van der Waals surface area contributed by atoms with Gasteiger partial charge >= 0.3 is 5.97 Å². The summed E-state index contributed by atoms with van der Waals surface area (Å²) < 4.78 is 5.49. The molecule has 0 saturated carbocycles. The molecule has 1 amide bonds. The van der Waals surface area contributed by atoms with Crippen LogP contribution in [0.1, 0.15) is 29.6 Å². The van der Waals surface area contributed by atoms with E-state index in [1.54, 1.807) is 17.0 Å². The fourth-order valence-electron chi connectivity index (χ4n) is 2.90. The fourth-order valence-corrected chi connectivity index (χ4v) is 2.90. The minimum Gasteiger partial charge on any atom is -0.489 e. The smallest absolute Gasteiger partial charge is 0.339 e. The average Bonchev–Trinajstić information content (AvgIpc) is 2.53. The predicted octanol–water partition coefficient (Wildman–Crippen LogP) is 1.25.